The zero-order chi connectivity index (χ0) is 25.9. The van der Waals surface area contributed by atoms with Crippen LogP contribution in [0.5, 0.6) is 11.5 Å². The van der Waals surface area contributed by atoms with Gasteiger partial charge in [-0.15, -0.1) is 0 Å². The molecule has 9 nitrogen and oxygen atoms in total. The molecule has 36 heavy (non-hydrogen) atoms. The van der Waals surface area contributed by atoms with Gasteiger partial charge in [-0.1, -0.05) is 29.8 Å². The lowest BCUT2D eigenvalue weighted by atomic mass is 10.2. The topological polar surface area (TPSA) is 118 Å². The number of hydrogen-bond acceptors (Lipinski definition) is 6. The summed E-state index contributed by atoms with van der Waals surface area (Å²) in [6, 6.07) is 19.5. The van der Waals surface area contributed by atoms with Crippen LogP contribution in [0.15, 0.2) is 71.8 Å². The molecule has 0 aromatic heterocycles. The van der Waals surface area contributed by atoms with E-state index in [-0.39, 0.29) is 12.5 Å². The van der Waals surface area contributed by atoms with Crippen molar-refractivity contribution in [2.45, 2.75) is 20.8 Å². The van der Waals surface area contributed by atoms with Gasteiger partial charge in [0.15, 0.2) is 18.1 Å². The van der Waals surface area contributed by atoms with E-state index in [4.69, 9.17) is 9.47 Å². The number of anilines is 2. The Balaban J connectivity index is 1.55. The van der Waals surface area contributed by atoms with Crippen molar-refractivity contribution in [2.75, 3.05) is 23.8 Å². The van der Waals surface area contributed by atoms with E-state index < -0.39 is 11.8 Å². The van der Waals surface area contributed by atoms with Gasteiger partial charge in [-0.3, -0.25) is 14.4 Å². The van der Waals surface area contributed by atoms with Crippen LogP contribution in [0.25, 0.3) is 0 Å². The van der Waals surface area contributed by atoms with E-state index >= 15 is 0 Å². The van der Waals surface area contributed by atoms with Crippen molar-refractivity contribution in [3.05, 3.63) is 83.4 Å². The number of aryl methyl sites for hydroxylation is 2. The third-order valence-corrected chi connectivity index (χ3v) is 4.82. The van der Waals surface area contributed by atoms with Crippen molar-refractivity contribution in [2.24, 2.45) is 5.10 Å². The fourth-order valence-corrected chi connectivity index (χ4v) is 3.10. The first kappa shape index (κ1) is 26.0. The predicted molar refractivity (Wildman–Crippen MR) is 138 cm³/mol. The maximum atomic E-state index is 12.2. The van der Waals surface area contributed by atoms with Gasteiger partial charge in [0.2, 0.25) is 0 Å². The molecule has 9 heteroatoms. The summed E-state index contributed by atoms with van der Waals surface area (Å²) in [6.07, 6.45) is 1.37. The molecule has 3 rings (SSSR count). The van der Waals surface area contributed by atoms with Gasteiger partial charge in [0, 0.05) is 11.4 Å². The minimum atomic E-state index is -0.905. The third-order valence-electron chi connectivity index (χ3n) is 4.82. The molecule has 3 amide bonds. The Morgan fingerprint density at radius 1 is 0.806 bits per heavy atom. The van der Waals surface area contributed by atoms with Gasteiger partial charge in [0.1, 0.15) is 0 Å². The van der Waals surface area contributed by atoms with Gasteiger partial charge in [-0.2, -0.15) is 5.10 Å². The number of carbonyl (C=O) groups excluding carboxylic acids is 3. The Morgan fingerprint density at radius 2 is 1.58 bits per heavy atom. The highest BCUT2D eigenvalue weighted by Crippen LogP contribution is 2.28. The van der Waals surface area contributed by atoms with Crippen LogP contribution in [0.3, 0.4) is 0 Å². The first-order valence-corrected chi connectivity index (χ1v) is 11.3. The van der Waals surface area contributed by atoms with E-state index in [1.54, 1.807) is 36.4 Å². The number of carbonyl (C=O) groups is 3. The van der Waals surface area contributed by atoms with Crippen LogP contribution in [0.4, 0.5) is 11.4 Å². The molecular weight excluding hydrogens is 460 g/mol. The molecule has 186 valence electrons. The summed E-state index contributed by atoms with van der Waals surface area (Å²) in [5.41, 5.74) is 6.03. The molecule has 0 bridgehead atoms. The highest BCUT2D eigenvalue weighted by molar-refractivity contribution is 6.39. The SMILES string of the molecule is CCOc1cc(/C=N\NC(=O)C(=O)Nc2cccc(C)c2)ccc1OCC(=O)Nc1ccc(C)cc1. The Labute approximate surface area is 209 Å². The Bertz CT molecular complexity index is 1260. The van der Waals surface area contributed by atoms with E-state index in [0.717, 1.165) is 11.1 Å². The maximum Gasteiger partial charge on any atom is 0.329 e. The van der Waals surface area contributed by atoms with Crippen LogP contribution in [0.2, 0.25) is 0 Å². The summed E-state index contributed by atoms with van der Waals surface area (Å²) in [7, 11) is 0. The van der Waals surface area contributed by atoms with Gasteiger partial charge in [0.25, 0.3) is 5.91 Å². The first-order valence-electron chi connectivity index (χ1n) is 11.3. The van der Waals surface area contributed by atoms with Crippen molar-refractivity contribution in [1.82, 2.24) is 5.43 Å². The number of hydrogen-bond donors (Lipinski definition) is 3. The van der Waals surface area contributed by atoms with E-state index in [1.165, 1.54) is 6.21 Å². The number of nitrogens with one attached hydrogen (secondary N) is 3. The molecule has 0 unspecified atom stereocenters. The van der Waals surface area contributed by atoms with Crippen molar-refractivity contribution < 1.29 is 23.9 Å². The van der Waals surface area contributed by atoms with Crippen LogP contribution in [0, 0.1) is 13.8 Å². The Kier molecular flexibility index (Phi) is 9.16. The molecule has 0 atom stereocenters. The minimum absolute atomic E-state index is 0.201. The summed E-state index contributed by atoms with van der Waals surface area (Å²) in [4.78, 5) is 36.3. The lowest BCUT2D eigenvalue weighted by Crippen LogP contribution is -2.32. The van der Waals surface area contributed by atoms with Crippen LogP contribution >= 0.6 is 0 Å². The van der Waals surface area contributed by atoms with Gasteiger partial charge in [0.05, 0.1) is 12.8 Å². The molecule has 0 radical (unpaired) electrons. The lowest BCUT2D eigenvalue weighted by molar-refractivity contribution is -0.136. The first-order chi connectivity index (χ1) is 17.3. The molecule has 3 N–H and O–H groups in total. The highest BCUT2D eigenvalue weighted by atomic mass is 16.5. The molecule has 0 aliphatic carbocycles. The number of ether oxygens (including phenoxy) is 2. The summed E-state index contributed by atoms with van der Waals surface area (Å²) in [5, 5.41) is 9.11. The van der Waals surface area contributed by atoms with Crippen molar-refractivity contribution in [3.8, 4) is 11.5 Å². The van der Waals surface area contributed by atoms with E-state index in [2.05, 4.69) is 21.2 Å². The molecule has 0 saturated heterocycles. The van der Waals surface area contributed by atoms with E-state index in [9.17, 15) is 14.4 Å². The molecule has 3 aromatic carbocycles. The average Bonchev–Trinajstić information content (AvgIpc) is 2.85. The highest BCUT2D eigenvalue weighted by Gasteiger charge is 2.13. The molecule has 0 spiro atoms. The zero-order valence-electron chi connectivity index (χ0n) is 20.3. The Morgan fingerprint density at radius 3 is 2.31 bits per heavy atom. The average molecular weight is 489 g/mol. The van der Waals surface area contributed by atoms with Crippen LogP contribution in [-0.2, 0) is 14.4 Å². The predicted octanol–water partition coefficient (Wildman–Crippen LogP) is 3.81. The van der Waals surface area contributed by atoms with Crippen molar-refractivity contribution >= 4 is 35.3 Å². The van der Waals surface area contributed by atoms with E-state index in [1.807, 2.05) is 51.1 Å². The van der Waals surface area contributed by atoms with Gasteiger partial charge in [-0.25, -0.2) is 5.43 Å². The van der Waals surface area contributed by atoms with Gasteiger partial charge >= 0.3 is 11.8 Å². The second kappa shape index (κ2) is 12.7. The van der Waals surface area contributed by atoms with E-state index in [0.29, 0.717) is 35.0 Å². The fourth-order valence-electron chi connectivity index (χ4n) is 3.10. The second-order valence-corrected chi connectivity index (χ2v) is 7.86. The molecule has 0 fully saturated rings. The summed E-state index contributed by atoms with van der Waals surface area (Å²) in [5.74, 6) is -1.25. The van der Waals surface area contributed by atoms with Gasteiger partial charge < -0.3 is 20.1 Å². The second-order valence-electron chi connectivity index (χ2n) is 7.86. The molecule has 3 aromatic rings. The largest absolute Gasteiger partial charge is 0.490 e. The number of rotatable bonds is 9. The fraction of sp³-hybridized carbons (Fsp3) is 0.185. The third kappa shape index (κ3) is 7.98. The normalized spacial score (nSPS) is 10.5. The zero-order valence-corrected chi connectivity index (χ0v) is 20.3. The summed E-state index contributed by atoms with van der Waals surface area (Å²) in [6.45, 7) is 5.85. The number of nitrogens with zero attached hydrogens (tertiary/aromatic N) is 1. The van der Waals surface area contributed by atoms with Crippen LogP contribution in [-0.4, -0.2) is 37.1 Å². The summed E-state index contributed by atoms with van der Waals surface area (Å²) < 4.78 is 11.3. The van der Waals surface area contributed by atoms with Crippen LogP contribution < -0.4 is 25.5 Å². The lowest BCUT2D eigenvalue weighted by Gasteiger charge is -2.12. The number of amides is 3. The van der Waals surface area contributed by atoms with Crippen LogP contribution in [0.1, 0.15) is 23.6 Å². The van der Waals surface area contributed by atoms with Gasteiger partial charge in [-0.05, 0) is 74.4 Å². The standard InChI is InChI=1S/C27H28N4O5/c1-4-35-24-15-20(16-28-31-27(34)26(33)30-22-7-5-6-19(3)14-22)10-13-23(24)36-17-25(32)29-21-11-8-18(2)9-12-21/h5-16H,4,17H2,1-3H3,(H,29,32)(H,30,33)(H,31,34)/b28-16-. The molecule has 0 aliphatic rings. The number of benzene rings is 3. The molecule has 0 aliphatic heterocycles. The quantitative estimate of drug-likeness (QED) is 0.241. The molecule has 0 heterocycles. The molecule has 0 saturated carbocycles. The maximum absolute atomic E-state index is 12.2. The summed E-state index contributed by atoms with van der Waals surface area (Å²) >= 11 is 0. The molecular formula is C27H28N4O5. The smallest absolute Gasteiger partial charge is 0.329 e. The number of hydrazone groups is 1. The monoisotopic (exact) mass is 488 g/mol. The Hall–Kier alpha value is -4.66. The van der Waals surface area contributed by atoms with Crippen molar-refractivity contribution in [1.29, 1.82) is 0 Å². The van der Waals surface area contributed by atoms with Crippen molar-refractivity contribution in [3.63, 3.8) is 0 Å². The minimum Gasteiger partial charge on any atom is -0.490 e.